The molecule has 1 fully saturated rings. The molecule has 1 rings (SSSR count). The molecular formula is C10H20F2N+. The smallest absolute Gasteiger partial charge is 0.250 e. The predicted octanol–water partition coefficient (Wildman–Crippen LogP) is 2.66. The predicted molar refractivity (Wildman–Crippen MR) is 49.9 cm³/mol. The fourth-order valence-corrected chi connectivity index (χ4v) is 1.97. The van der Waals surface area contributed by atoms with Gasteiger partial charge in [0.2, 0.25) is 0 Å². The Morgan fingerprint density at radius 3 is 2.15 bits per heavy atom. The third kappa shape index (κ3) is 4.03. The zero-order valence-corrected chi connectivity index (χ0v) is 8.65. The number of alkyl halides is 2. The summed E-state index contributed by atoms with van der Waals surface area (Å²) >= 11 is 0. The molecule has 0 aromatic carbocycles. The SMILES string of the molecule is CC(F)(F)CC[N+]1(C)CCCCC1. The fraction of sp³-hybridized carbons (Fsp3) is 1.00. The molecule has 1 aliphatic rings. The van der Waals surface area contributed by atoms with Gasteiger partial charge in [-0.25, -0.2) is 8.78 Å². The average molecular weight is 192 g/mol. The standard InChI is InChI=1S/C10H20F2N/c1-10(11,12)6-9-13(2)7-4-3-5-8-13/h3-9H2,1-2H3/q+1. The minimum absolute atomic E-state index is 0.0312. The van der Waals surface area contributed by atoms with E-state index in [9.17, 15) is 8.78 Å². The van der Waals surface area contributed by atoms with Crippen molar-refractivity contribution in [2.45, 2.75) is 38.5 Å². The summed E-state index contributed by atoms with van der Waals surface area (Å²) in [6.45, 7) is 3.80. The topological polar surface area (TPSA) is 0 Å². The first-order valence-electron chi connectivity index (χ1n) is 5.13. The molecule has 0 bridgehead atoms. The number of quaternary nitrogens is 1. The van der Waals surface area contributed by atoms with Crippen molar-refractivity contribution in [3.05, 3.63) is 0 Å². The lowest BCUT2D eigenvalue weighted by Gasteiger charge is -2.38. The molecule has 0 atom stereocenters. The monoisotopic (exact) mass is 192 g/mol. The van der Waals surface area contributed by atoms with Crippen molar-refractivity contribution in [3.63, 3.8) is 0 Å². The summed E-state index contributed by atoms with van der Waals surface area (Å²) in [5, 5.41) is 0. The summed E-state index contributed by atoms with van der Waals surface area (Å²) < 4.78 is 26.1. The van der Waals surface area contributed by atoms with Crippen LogP contribution in [-0.4, -0.2) is 37.1 Å². The Labute approximate surface area is 79.3 Å². The van der Waals surface area contributed by atoms with Crippen molar-refractivity contribution in [1.29, 1.82) is 0 Å². The third-order valence-corrected chi connectivity index (χ3v) is 2.99. The Morgan fingerprint density at radius 2 is 1.69 bits per heavy atom. The van der Waals surface area contributed by atoms with Crippen molar-refractivity contribution in [2.75, 3.05) is 26.7 Å². The van der Waals surface area contributed by atoms with Crippen LogP contribution in [0.15, 0.2) is 0 Å². The molecule has 0 unspecified atom stereocenters. The highest BCUT2D eigenvalue weighted by atomic mass is 19.3. The van der Waals surface area contributed by atoms with Crippen LogP contribution in [0.4, 0.5) is 8.78 Å². The molecule has 1 saturated heterocycles. The zero-order valence-electron chi connectivity index (χ0n) is 8.65. The number of hydrogen-bond donors (Lipinski definition) is 0. The van der Waals surface area contributed by atoms with Gasteiger partial charge in [-0.05, 0) is 26.2 Å². The second-order valence-corrected chi connectivity index (χ2v) is 4.67. The molecule has 0 aromatic heterocycles. The van der Waals surface area contributed by atoms with Crippen LogP contribution >= 0.6 is 0 Å². The molecule has 0 saturated carbocycles. The van der Waals surface area contributed by atoms with Crippen LogP contribution in [0, 0.1) is 0 Å². The molecule has 1 heterocycles. The number of halogens is 2. The summed E-state index contributed by atoms with van der Waals surface area (Å²) in [7, 11) is 2.10. The minimum atomic E-state index is -2.49. The Morgan fingerprint density at radius 1 is 1.15 bits per heavy atom. The highest BCUT2D eigenvalue weighted by Gasteiger charge is 2.30. The number of likely N-dealkylation sites (tertiary alicyclic amines) is 1. The lowest BCUT2D eigenvalue weighted by molar-refractivity contribution is -0.914. The lowest BCUT2D eigenvalue weighted by Crippen LogP contribution is -2.49. The summed E-state index contributed by atoms with van der Waals surface area (Å²) in [5.41, 5.74) is 0. The molecule has 13 heavy (non-hydrogen) atoms. The Kier molecular flexibility index (Phi) is 3.28. The first kappa shape index (κ1) is 10.9. The van der Waals surface area contributed by atoms with E-state index >= 15 is 0 Å². The quantitative estimate of drug-likeness (QED) is 0.603. The van der Waals surface area contributed by atoms with Crippen molar-refractivity contribution >= 4 is 0 Å². The van der Waals surface area contributed by atoms with Gasteiger partial charge in [0, 0.05) is 0 Å². The molecule has 3 heteroatoms. The van der Waals surface area contributed by atoms with Gasteiger partial charge in [-0.3, -0.25) is 0 Å². The van der Waals surface area contributed by atoms with Crippen LogP contribution < -0.4 is 0 Å². The van der Waals surface area contributed by atoms with Crippen molar-refractivity contribution in [1.82, 2.24) is 0 Å². The molecule has 78 valence electrons. The maximum Gasteiger partial charge on any atom is 0.250 e. The molecule has 0 spiro atoms. The van der Waals surface area contributed by atoms with E-state index in [-0.39, 0.29) is 6.42 Å². The van der Waals surface area contributed by atoms with E-state index in [2.05, 4.69) is 7.05 Å². The summed E-state index contributed by atoms with van der Waals surface area (Å²) in [4.78, 5) is 0. The van der Waals surface area contributed by atoms with Crippen LogP contribution in [-0.2, 0) is 0 Å². The van der Waals surface area contributed by atoms with Gasteiger partial charge in [0.25, 0.3) is 5.92 Å². The Bertz CT molecular complexity index is 157. The van der Waals surface area contributed by atoms with Gasteiger partial charge in [0.1, 0.15) is 0 Å². The first-order chi connectivity index (χ1) is 5.91. The fourth-order valence-electron chi connectivity index (χ4n) is 1.97. The number of piperidine rings is 1. The Balaban J connectivity index is 2.33. The van der Waals surface area contributed by atoms with Gasteiger partial charge in [0.15, 0.2) is 0 Å². The summed E-state index contributed by atoms with van der Waals surface area (Å²) in [5.74, 6) is -2.49. The van der Waals surface area contributed by atoms with Gasteiger partial charge < -0.3 is 4.48 Å². The molecule has 0 aromatic rings. The second kappa shape index (κ2) is 3.91. The second-order valence-electron chi connectivity index (χ2n) is 4.67. The van der Waals surface area contributed by atoms with Crippen molar-refractivity contribution in [2.24, 2.45) is 0 Å². The van der Waals surface area contributed by atoms with E-state index in [4.69, 9.17) is 0 Å². The van der Waals surface area contributed by atoms with E-state index < -0.39 is 5.92 Å². The van der Waals surface area contributed by atoms with Crippen LogP contribution in [0.5, 0.6) is 0 Å². The van der Waals surface area contributed by atoms with Crippen LogP contribution in [0.1, 0.15) is 32.6 Å². The van der Waals surface area contributed by atoms with Crippen LogP contribution in [0.2, 0.25) is 0 Å². The first-order valence-corrected chi connectivity index (χ1v) is 5.13. The van der Waals surface area contributed by atoms with Gasteiger partial charge in [-0.2, -0.15) is 0 Å². The van der Waals surface area contributed by atoms with Gasteiger partial charge in [0.05, 0.1) is 33.1 Å². The molecule has 0 amide bonds. The van der Waals surface area contributed by atoms with Gasteiger partial charge in [-0.1, -0.05) is 0 Å². The highest BCUT2D eigenvalue weighted by molar-refractivity contribution is 4.59. The maximum absolute atomic E-state index is 12.6. The Hall–Kier alpha value is -0.180. The van der Waals surface area contributed by atoms with Crippen LogP contribution in [0.3, 0.4) is 0 Å². The van der Waals surface area contributed by atoms with Crippen molar-refractivity contribution in [3.8, 4) is 0 Å². The normalized spacial score (nSPS) is 23.1. The van der Waals surface area contributed by atoms with Crippen LogP contribution in [0.25, 0.3) is 0 Å². The lowest BCUT2D eigenvalue weighted by atomic mass is 10.1. The number of nitrogens with zero attached hydrogens (tertiary/aromatic N) is 1. The highest BCUT2D eigenvalue weighted by Crippen LogP contribution is 2.22. The average Bonchev–Trinajstić information content (AvgIpc) is 2.02. The van der Waals surface area contributed by atoms with E-state index in [1.54, 1.807) is 0 Å². The molecule has 1 aliphatic heterocycles. The minimum Gasteiger partial charge on any atom is -0.326 e. The molecule has 0 N–H and O–H groups in total. The van der Waals surface area contributed by atoms with Crippen molar-refractivity contribution < 1.29 is 13.3 Å². The van der Waals surface area contributed by atoms with E-state index in [1.165, 1.54) is 19.3 Å². The van der Waals surface area contributed by atoms with Gasteiger partial charge in [-0.15, -0.1) is 0 Å². The largest absolute Gasteiger partial charge is 0.326 e. The molecule has 0 radical (unpaired) electrons. The van der Waals surface area contributed by atoms with E-state index in [0.29, 0.717) is 6.54 Å². The number of rotatable bonds is 3. The third-order valence-electron chi connectivity index (χ3n) is 2.99. The van der Waals surface area contributed by atoms with Gasteiger partial charge >= 0.3 is 0 Å². The number of hydrogen-bond acceptors (Lipinski definition) is 0. The summed E-state index contributed by atoms with van der Waals surface area (Å²) in [6, 6.07) is 0. The zero-order chi connectivity index (χ0) is 9.95. The molecule has 1 nitrogen and oxygen atoms in total. The van der Waals surface area contributed by atoms with E-state index in [1.807, 2.05) is 0 Å². The van der Waals surface area contributed by atoms with E-state index in [0.717, 1.165) is 24.5 Å². The molecule has 0 aliphatic carbocycles. The summed E-state index contributed by atoms with van der Waals surface area (Å²) in [6.07, 6.45) is 3.71. The maximum atomic E-state index is 12.6. The molecular weight excluding hydrogens is 172 g/mol.